The highest BCUT2D eigenvalue weighted by Gasteiger charge is 2.17. The van der Waals surface area contributed by atoms with E-state index in [0.29, 0.717) is 42.0 Å². The van der Waals surface area contributed by atoms with Crippen LogP contribution in [0.1, 0.15) is 42.6 Å². The number of carboxylic acid groups (broad SMARTS) is 1. The first-order valence-corrected chi connectivity index (χ1v) is 8.80. The molecule has 0 unspecified atom stereocenters. The predicted octanol–water partition coefficient (Wildman–Crippen LogP) is 4.33. The van der Waals surface area contributed by atoms with Gasteiger partial charge in [-0.25, -0.2) is 9.78 Å². The predicted molar refractivity (Wildman–Crippen MR) is 95.1 cm³/mol. The molecule has 1 heterocycles. The molecule has 0 spiro atoms. The summed E-state index contributed by atoms with van der Waals surface area (Å²) in [6.45, 7) is 6.91. The summed E-state index contributed by atoms with van der Waals surface area (Å²) in [5, 5.41) is 13.0. The Hall–Kier alpha value is -2.28. The fourth-order valence-corrected chi connectivity index (χ4v) is 3.10. The molecule has 0 amide bonds. The number of hydrogen-bond acceptors (Lipinski definition) is 6. The Bertz CT molecular complexity index is 700. The van der Waals surface area contributed by atoms with Crippen LogP contribution in [-0.2, 0) is 6.42 Å². The first-order chi connectivity index (χ1) is 11.6. The lowest BCUT2D eigenvalue weighted by atomic mass is 10.2. The summed E-state index contributed by atoms with van der Waals surface area (Å²) < 4.78 is 11.1. The summed E-state index contributed by atoms with van der Waals surface area (Å²) in [5.41, 5.74) is 1.39. The number of aromatic carboxylic acids is 1. The van der Waals surface area contributed by atoms with Gasteiger partial charge in [-0.3, -0.25) is 0 Å². The van der Waals surface area contributed by atoms with Crippen LogP contribution in [0.4, 0.5) is 10.8 Å². The Morgan fingerprint density at radius 2 is 1.92 bits per heavy atom. The second-order valence-electron chi connectivity index (χ2n) is 5.00. The van der Waals surface area contributed by atoms with Gasteiger partial charge in [0.2, 0.25) is 0 Å². The second kappa shape index (κ2) is 8.54. The smallest absolute Gasteiger partial charge is 0.347 e. The lowest BCUT2D eigenvalue weighted by molar-refractivity contribution is 0.0700. The van der Waals surface area contributed by atoms with Gasteiger partial charge >= 0.3 is 5.97 Å². The van der Waals surface area contributed by atoms with Gasteiger partial charge in [0.25, 0.3) is 0 Å². The zero-order valence-corrected chi connectivity index (χ0v) is 14.9. The second-order valence-corrected chi connectivity index (χ2v) is 6.00. The fourth-order valence-electron chi connectivity index (χ4n) is 2.23. The molecule has 130 valence electrons. The molecule has 1 aromatic carbocycles. The topological polar surface area (TPSA) is 80.7 Å². The number of aryl methyl sites for hydroxylation is 1. The Morgan fingerprint density at radius 1 is 1.21 bits per heavy atom. The van der Waals surface area contributed by atoms with E-state index in [4.69, 9.17) is 9.47 Å². The SMILES string of the molecule is CCCc1nc(Nc2ccc(OCC)c(OCC)c2)sc1C(=O)O. The zero-order valence-electron chi connectivity index (χ0n) is 14.1. The van der Waals surface area contributed by atoms with Gasteiger partial charge in [-0.15, -0.1) is 0 Å². The van der Waals surface area contributed by atoms with Gasteiger partial charge in [0.1, 0.15) is 4.88 Å². The van der Waals surface area contributed by atoms with E-state index in [1.165, 1.54) is 0 Å². The highest BCUT2D eigenvalue weighted by Crippen LogP contribution is 2.33. The van der Waals surface area contributed by atoms with E-state index in [2.05, 4.69) is 10.3 Å². The van der Waals surface area contributed by atoms with Crippen LogP contribution in [0.25, 0.3) is 0 Å². The minimum absolute atomic E-state index is 0.287. The van der Waals surface area contributed by atoms with E-state index in [0.717, 1.165) is 23.4 Å². The third kappa shape index (κ3) is 4.38. The Labute approximate surface area is 145 Å². The summed E-state index contributed by atoms with van der Waals surface area (Å²) in [5.74, 6) is 0.390. The van der Waals surface area contributed by atoms with Crippen LogP contribution in [0.5, 0.6) is 11.5 Å². The molecule has 0 fully saturated rings. The number of carboxylic acids is 1. The van der Waals surface area contributed by atoms with Crippen LogP contribution in [-0.4, -0.2) is 29.3 Å². The molecule has 0 radical (unpaired) electrons. The average Bonchev–Trinajstić information content (AvgIpc) is 2.93. The van der Waals surface area contributed by atoms with Crippen LogP contribution in [0.2, 0.25) is 0 Å². The number of rotatable bonds is 9. The fraction of sp³-hybridized carbons (Fsp3) is 0.412. The molecule has 6 nitrogen and oxygen atoms in total. The van der Waals surface area contributed by atoms with Crippen LogP contribution >= 0.6 is 11.3 Å². The van der Waals surface area contributed by atoms with Crippen molar-refractivity contribution in [1.82, 2.24) is 4.98 Å². The molecule has 0 bridgehead atoms. The normalized spacial score (nSPS) is 10.5. The third-order valence-electron chi connectivity index (χ3n) is 3.17. The Kier molecular flexibility index (Phi) is 6.43. The molecule has 0 atom stereocenters. The van der Waals surface area contributed by atoms with Crippen molar-refractivity contribution in [2.45, 2.75) is 33.6 Å². The van der Waals surface area contributed by atoms with Gasteiger partial charge in [-0.2, -0.15) is 0 Å². The molecule has 0 aliphatic carbocycles. The molecule has 0 aliphatic heterocycles. The minimum Gasteiger partial charge on any atom is -0.490 e. The summed E-state index contributed by atoms with van der Waals surface area (Å²) in [7, 11) is 0. The van der Waals surface area contributed by atoms with Gasteiger partial charge in [-0.1, -0.05) is 24.7 Å². The maximum absolute atomic E-state index is 11.3. The lowest BCUT2D eigenvalue weighted by Crippen LogP contribution is -1.99. The van der Waals surface area contributed by atoms with Crippen molar-refractivity contribution < 1.29 is 19.4 Å². The van der Waals surface area contributed by atoms with Crippen LogP contribution in [0, 0.1) is 0 Å². The third-order valence-corrected chi connectivity index (χ3v) is 4.17. The Morgan fingerprint density at radius 3 is 2.54 bits per heavy atom. The van der Waals surface area contributed by atoms with E-state index in [9.17, 15) is 9.90 Å². The van der Waals surface area contributed by atoms with E-state index >= 15 is 0 Å². The number of nitrogens with zero attached hydrogens (tertiary/aromatic N) is 1. The quantitative estimate of drug-likeness (QED) is 0.700. The molecular formula is C17H22N2O4S. The van der Waals surface area contributed by atoms with Crippen molar-refractivity contribution in [1.29, 1.82) is 0 Å². The van der Waals surface area contributed by atoms with E-state index in [1.54, 1.807) is 0 Å². The van der Waals surface area contributed by atoms with Crippen molar-refractivity contribution in [2.24, 2.45) is 0 Å². The maximum atomic E-state index is 11.3. The average molecular weight is 350 g/mol. The molecule has 24 heavy (non-hydrogen) atoms. The Balaban J connectivity index is 2.25. The number of hydrogen-bond donors (Lipinski definition) is 2. The molecule has 2 N–H and O–H groups in total. The van der Waals surface area contributed by atoms with Crippen molar-refractivity contribution in [3.8, 4) is 11.5 Å². The summed E-state index contributed by atoms with van der Waals surface area (Å²) in [6.07, 6.45) is 1.49. The van der Waals surface area contributed by atoms with E-state index < -0.39 is 5.97 Å². The maximum Gasteiger partial charge on any atom is 0.347 e. The molecular weight excluding hydrogens is 328 g/mol. The van der Waals surface area contributed by atoms with Crippen LogP contribution < -0.4 is 14.8 Å². The molecule has 0 aliphatic rings. The first-order valence-electron chi connectivity index (χ1n) is 7.98. The van der Waals surface area contributed by atoms with Crippen molar-refractivity contribution in [3.05, 3.63) is 28.8 Å². The standard InChI is InChI=1S/C17H22N2O4S/c1-4-7-12-15(16(20)21)24-17(19-12)18-11-8-9-13(22-5-2)14(10-11)23-6-3/h8-10H,4-7H2,1-3H3,(H,18,19)(H,20,21). The van der Waals surface area contributed by atoms with Crippen molar-refractivity contribution >= 4 is 28.1 Å². The van der Waals surface area contributed by atoms with Gasteiger partial charge in [0, 0.05) is 11.8 Å². The van der Waals surface area contributed by atoms with E-state index in [-0.39, 0.29) is 4.88 Å². The van der Waals surface area contributed by atoms with Gasteiger partial charge < -0.3 is 19.9 Å². The highest BCUT2D eigenvalue weighted by molar-refractivity contribution is 7.17. The number of thiazole rings is 1. The summed E-state index contributed by atoms with van der Waals surface area (Å²) in [6, 6.07) is 5.51. The number of benzene rings is 1. The highest BCUT2D eigenvalue weighted by atomic mass is 32.1. The number of anilines is 2. The molecule has 0 saturated heterocycles. The van der Waals surface area contributed by atoms with Crippen molar-refractivity contribution in [2.75, 3.05) is 18.5 Å². The minimum atomic E-state index is -0.939. The number of carbonyl (C=O) groups is 1. The summed E-state index contributed by atoms with van der Waals surface area (Å²) >= 11 is 1.14. The van der Waals surface area contributed by atoms with Crippen LogP contribution in [0.3, 0.4) is 0 Å². The monoisotopic (exact) mass is 350 g/mol. The first kappa shape index (κ1) is 18.1. The van der Waals surface area contributed by atoms with Gasteiger partial charge in [0.15, 0.2) is 16.6 Å². The number of aromatic nitrogens is 1. The molecule has 2 aromatic rings. The number of nitrogens with one attached hydrogen (secondary N) is 1. The molecule has 1 aromatic heterocycles. The van der Waals surface area contributed by atoms with Crippen molar-refractivity contribution in [3.63, 3.8) is 0 Å². The number of ether oxygens (including phenoxy) is 2. The van der Waals surface area contributed by atoms with Gasteiger partial charge in [-0.05, 0) is 32.4 Å². The molecule has 2 rings (SSSR count). The summed E-state index contributed by atoms with van der Waals surface area (Å²) in [4.78, 5) is 16.0. The van der Waals surface area contributed by atoms with E-state index in [1.807, 2.05) is 39.0 Å². The largest absolute Gasteiger partial charge is 0.490 e. The zero-order chi connectivity index (χ0) is 17.5. The molecule has 7 heteroatoms. The van der Waals surface area contributed by atoms with Crippen LogP contribution in [0.15, 0.2) is 18.2 Å². The van der Waals surface area contributed by atoms with Gasteiger partial charge in [0.05, 0.1) is 18.9 Å². The molecule has 0 saturated carbocycles. The lowest BCUT2D eigenvalue weighted by Gasteiger charge is -2.12.